The molecule has 1 heterocycles. The third kappa shape index (κ3) is 6.13. The van der Waals surface area contributed by atoms with Gasteiger partial charge in [-0.05, 0) is 30.5 Å². The first kappa shape index (κ1) is 25.0. The number of rotatable bonds is 10. The van der Waals surface area contributed by atoms with E-state index in [1.165, 1.54) is 0 Å². The van der Waals surface area contributed by atoms with E-state index < -0.39 is 0 Å². The van der Waals surface area contributed by atoms with Gasteiger partial charge in [0.15, 0.2) is 17.5 Å². The Hall–Kier alpha value is -4.06. The van der Waals surface area contributed by atoms with Crippen LogP contribution in [-0.2, 0) is 16.0 Å². The molecule has 0 saturated heterocycles. The molecular weight excluding hydrogens is 450 g/mol. The summed E-state index contributed by atoms with van der Waals surface area (Å²) in [5, 5.41) is 10.9. The van der Waals surface area contributed by atoms with Gasteiger partial charge in [0.25, 0.3) is 0 Å². The number of benzene rings is 3. The van der Waals surface area contributed by atoms with Crippen molar-refractivity contribution < 1.29 is 14.6 Å². The third-order valence-electron chi connectivity index (χ3n) is 6.10. The number of hydrogen-bond acceptors (Lipinski definition) is 6. The smallest absolute Gasteiger partial charge is 0.308 e. The maximum absolute atomic E-state index is 12.3. The highest BCUT2D eigenvalue weighted by atomic mass is 16.5. The molecule has 4 rings (SSSR count). The van der Waals surface area contributed by atoms with E-state index >= 15 is 0 Å². The Kier molecular flexibility index (Phi) is 8.40. The van der Waals surface area contributed by atoms with E-state index in [-0.39, 0.29) is 24.2 Å². The van der Waals surface area contributed by atoms with Gasteiger partial charge in [-0.25, -0.2) is 15.0 Å². The van der Waals surface area contributed by atoms with Crippen molar-refractivity contribution in [1.29, 1.82) is 0 Å². The van der Waals surface area contributed by atoms with Crippen LogP contribution in [0.25, 0.3) is 34.2 Å². The minimum atomic E-state index is -0.146. The Morgan fingerprint density at radius 3 is 1.94 bits per heavy atom. The lowest BCUT2D eigenvalue weighted by molar-refractivity contribution is -0.148. The summed E-state index contributed by atoms with van der Waals surface area (Å²) in [5.74, 6) is 1.34. The summed E-state index contributed by atoms with van der Waals surface area (Å²) in [4.78, 5) is 26.3. The predicted octanol–water partition coefficient (Wildman–Crippen LogP) is 6.49. The molecule has 1 atom stereocenters. The van der Waals surface area contributed by atoms with Gasteiger partial charge >= 0.3 is 5.97 Å². The summed E-state index contributed by atoms with van der Waals surface area (Å²) < 4.78 is 5.48. The first-order valence-corrected chi connectivity index (χ1v) is 12.4. The molecule has 0 aliphatic rings. The maximum Gasteiger partial charge on any atom is 0.308 e. The van der Waals surface area contributed by atoms with E-state index in [0.717, 1.165) is 36.0 Å². The van der Waals surface area contributed by atoms with Gasteiger partial charge in [-0.1, -0.05) is 87.0 Å². The zero-order chi connectivity index (χ0) is 25.3. The number of esters is 1. The van der Waals surface area contributed by atoms with Crippen LogP contribution in [-0.4, -0.2) is 32.6 Å². The summed E-state index contributed by atoms with van der Waals surface area (Å²) in [5.41, 5.74) is 3.11. The van der Waals surface area contributed by atoms with Crippen LogP contribution in [0.15, 0.2) is 78.9 Å². The van der Waals surface area contributed by atoms with Crippen molar-refractivity contribution in [3.05, 3.63) is 84.4 Å². The second kappa shape index (κ2) is 12.1. The largest absolute Gasteiger partial charge is 0.507 e. The van der Waals surface area contributed by atoms with Crippen LogP contribution in [0.2, 0.25) is 0 Å². The predicted molar refractivity (Wildman–Crippen MR) is 141 cm³/mol. The first-order valence-electron chi connectivity index (χ1n) is 12.4. The minimum Gasteiger partial charge on any atom is -0.507 e. The Morgan fingerprint density at radius 2 is 1.42 bits per heavy atom. The molecule has 0 amide bonds. The van der Waals surface area contributed by atoms with Gasteiger partial charge in [-0.15, -0.1) is 0 Å². The quantitative estimate of drug-likeness (QED) is 0.261. The van der Waals surface area contributed by atoms with Crippen LogP contribution in [0.1, 0.15) is 38.7 Å². The van der Waals surface area contributed by atoms with E-state index in [2.05, 4.69) is 21.9 Å². The fraction of sp³-hybridized carbons (Fsp3) is 0.267. The molecule has 6 heteroatoms. The van der Waals surface area contributed by atoms with Crippen LogP contribution in [0.4, 0.5) is 0 Å². The number of carbonyl (C=O) groups excluding carboxylic acids is 1. The van der Waals surface area contributed by atoms with Gasteiger partial charge in [0.2, 0.25) is 0 Å². The van der Waals surface area contributed by atoms with E-state index in [9.17, 15) is 9.90 Å². The number of hydrogen-bond donors (Lipinski definition) is 1. The number of aromatic nitrogens is 3. The molecular formula is C30H31N3O3. The lowest BCUT2D eigenvalue weighted by atomic mass is 10.0. The van der Waals surface area contributed by atoms with Crippen LogP contribution in [0.5, 0.6) is 5.75 Å². The highest BCUT2D eigenvalue weighted by molar-refractivity contribution is 5.72. The molecule has 36 heavy (non-hydrogen) atoms. The monoisotopic (exact) mass is 481 g/mol. The minimum absolute atomic E-state index is 0.0489. The maximum atomic E-state index is 12.3. The highest BCUT2D eigenvalue weighted by Gasteiger charge is 2.17. The standard InChI is InChI=1S/C30H31N3O3/c1-3-11-22(4-2)30(35)36-19-18-21-16-17-25(26(34)20-21)29-32-27(23-12-7-5-8-13-23)31-28(33-29)24-14-9-6-10-15-24/h5-10,12-17,20,22,34H,3-4,11,18-19H2,1-2H3. The molecule has 1 N–H and O–H groups in total. The average molecular weight is 482 g/mol. The summed E-state index contributed by atoms with van der Waals surface area (Å²) in [6, 6.07) is 24.8. The molecule has 0 radical (unpaired) electrons. The molecule has 0 bridgehead atoms. The van der Waals surface area contributed by atoms with Crippen molar-refractivity contribution >= 4 is 5.97 Å². The topological polar surface area (TPSA) is 85.2 Å². The number of nitrogens with zero attached hydrogens (tertiary/aromatic N) is 3. The number of phenolic OH excluding ortho intramolecular Hbond substituents is 1. The van der Waals surface area contributed by atoms with Gasteiger partial charge in [0, 0.05) is 17.5 Å². The molecule has 1 unspecified atom stereocenters. The fourth-order valence-corrected chi connectivity index (χ4v) is 4.08. The van der Waals surface area contributed by atoms with Gasteiger partial charge in [-0.2, -0.15) is 0 Å². The van der Waals surface area contributed by atoms with Crippen molar-refractivity contribution in [2.75, 3.05) is 6.61 Å². The van der Waals surface area contributed by atoms with Crippen molar-refractivity contribution in [2.24, 2.45) is 5.92 Å². The van der Waals surface area contributed by atoms with Crippen LogP contribution in [0.3, 0.4) is 0 Å². The first-order chi connectivity index (χ1) is 17.6. The number of ether oxygens (including phenoxy) is 1. The van der Waals surface area contributed by atoms with E-state index in [0.29, 0.717) is 29.5 Å². The Morgan fingerprint density at radius 1 is 0.833 bits per heavy atom. The van der Waals surface area contributed by atoms with Crippen molar-refractivity contribution in [3.8, 4) is 39.9 Å². The van der Waals surface area contributed by atoms with Crippen molar-refractivity contribution in [2.45, 2.75) is 39.5 Å². The molecule has 0 saturated carbocycles. The molecule has 6 nitrogen and oxygen atoms in total. The molecule has 4 aromatic rings. The zero-order valence-corrected chi connectivity index (χ0v) is 20.7. The van der Waals surface area contributed by atoms with E-state index in [4.69, 9.17) is 4.74 Å². The van der Waals surface area contributed by atoms with Crippen LogP contribution in [0, 0.1) is 5.92 Å². The normalized spacial score (nSPS) is 11.7. The Bertz CT molecular complexity index is 1240. The van der Waals surface area contributed by atoms with E-state index in [1.54, 1.807) is 12.1 Å². The van der Waals surface area contributed by atoms with E-state index in [1.807, 2.05) is 73.7 Å². The lowest BCUT2D eigenvalue weighted by Gasteiger charge is -2.13. The van der Waals surface area contributed by atoms with Crippen LogP contribution >= 0.6 is 0 Å². The molecule has 0 aliphatic carbocycles. The summed E-state index contributed by atoms with van der Waals surface area (Å²) in [7, 11) is 0. The third-order valence-corrected chi connectivity index (χ3v) is 6.10. The van der Waals surface area contributed by atoms with Gasteiger partial charge < -0.3 is 9.84 Å². The molecule has 3 aromatic carbocycles. The van der Waals surface area contributed by atoms with Gasteiger partial charge in [0.05, 0.1) is 18.1 Å². The van der Waals surface area contributed by atoms with Crippen molar-refractivity contribution in [3.63, 3.8) is 0 Å². The molecule has 1 aromatic heterocycles. The number of phenols is 1. The zero-order valence-electron chi connectivity index (χ0n) is 20.7. The lowest BCUT2D eigenvalue weighted by Crippen LogP contribution is -2.18. The second-order valence-corrected chi connectivity index (χ2v) is 8.70. The summed E-state index contributed by atoms with van der Waals surface area (Å²) in [6.45, 7) is 4.35. The molecule has 0 fully saturated rings. The molecule has 0 spiro atoms. The summed E-state index contributed by atoms with van der Waals surface area (Å²) >= 11 is 0. The van der Waals surface area contributed by atoms with Crippen LogP contribution < -0.4 is 0 Å². The van der Waals surface area contributed by atoms with Gasteiger partial charge in [0.1, 0.15) is 5.75 Å². The molecule has 0 aliphatic heterocycles. The summed E-state index contributed by atoms with van der Waals surface area (Å²) in [6.07, 6.45) is 3.10. The number of aromatic hydroxyl groups is 1. The molecule has 184 valence electrons. The number of carbonyl (C=O) groups is 1. The average Bonchev–Trinajstić information content (AvgIpc) is 2.92. The highest BCUT2D eigenvalue weighted by Crippen LogP contribution is 2.30. The SMILES string of the molecule is CCCC(CC)C(=O)OCCc1ccc(-c2nc(-c3ccccc3)nc(-c3ccccc3)n2)c(O)c1. The van der Waals surface area contributed by atoms with Gasteiger partial charge in [-0.3, -0.25) is 4.79 Å². The fourth-order valence-electron chi connectivity index (χ4n) is 4.08. The Balaban J connectivity index is 1.58. The van der Waals surface area contributed by atoms with Crippen molar-refractivity contribution in [1.82, 2.24) is 15.0 Å². The second-order valence-electron chi connectivity index (χ2n) is 8.70. The Labute approximate surface area is 212 Å².